The quantitative estimate of drug-likeness (QED) is 0.226. The van der Waals surface area contributed by atoms with Gasteiger partial charge in [-0.05, 0) is 12.3 Å². The lowest BCUT2D eigenvalue weighted by Crippen LogP contribution is -2.68. The van der Waals surface area contributed by atoms with Gasteiger partial charge in [0.05, 0.1) is 6.61 Å². The summed E-state index contributed by atoms with van der Waals surface area (Å²) in [6.07, 6.45) is -39.0. The fraction of sp³-hybridized carbons (Fsp3) is 0.929. The van der Waals surface area contributed by atoms with Crippen LogP contribution in [0.2, 0.25) is 0 Å². The molecule has 0 spiro atoms. The molecule has 0 unspecified atom stereocenters. The molecule has 0 aromatic carbocycles. The number of alkyl halides is 17. The maximum Gasteiger partial charge on any atom is 0.462 e. The Hall–Kier alpha value is -1.80. The minimum Gasteiger partial charge on any atom is -0.461 e. The van der Waals surface area contributed by atoms with Crippen LogP contribution in [0.5, 0.6) is 0 Å². The molecule has 35 heavy (non-hydrogen) atoms. The first-order valence-electron chi connectivity index (χ1n) is 8.29. The van der Waals surface area contributed by atoms with Crippen LogP contribution in [-0.4, -0.2) is 61.0 Å². The molecule has 0 bridgehead atoms. The van der Waals surface area contributed by atoms with Crippen LogP contribution in [-0.2, 0) is 19.0 Å². The predicted octanol–water partition coefficient (Wildman–Crippen LogP) is 6.45. The molecule has 0 saturated carbocycles. The first-order chi connectivity index (χ1) is 15.0. The molecule has 0 fully saturated rings. The Kier molecular flexibility index (Phi) is 9.09. The van der Waals surface area contributed by atoms with Gasteiger partial charge in [-0.1, -0.05) is 13.8 Å². The molecule has 0 aromatic rings. The van der Waals surface area contributed by atoms with Crippen LogP contribution in [0.25, 0.3) is 0 Å². The van der Waals surface area contributed by atoms with E-state index < -0.39 is 73.3 Å². The van der Waals surface area contributed by atoms with E-state index in [1.54, 1.807) is 0 Å². The third-order valence-electron chi connectivity index (χ3n) is 3.55. The highest BCUT2D eigenvalue weighted by Gasteiger charge is 2.85. The normalized spacial score (nSPS) is 18.3. The highest BCUT2D eigenvalue weighted by atomic mass is 19.4. The van der Waals surface area contributed by atoms with E-state index in [9.17, 15) is 79.4 Å². The second-order valence-electron chi connectivity index (χ2n) is 6.81. The monoisotopic (exact) mass is 566 g/mol. The Balaban J connectivity index is 6.59. The van der Waals surface area contributed by atoms with Crippen molar-refractivity contribution in [2.45, 2.75) is 68.6 Å². The van der Waals surface area contributed by atoms with Gasteiger partial charge in [0.15, 0.2) is 0 Å². The average molecular weight is 566 g/mol. The fourth-order valence-electron chi connectivity index (χ4n) is 1.63. The zero-order chi connectivity index (χ0) is 28.7. The average Bonchev–Trinajstić information content (AvgIpc) is 2.57. The highest BCUT2D eigenvalue weighted by molar-refractivity contribution is 5.78. The summed E-state index contributed by atoms with van der Waals surface area (Å²) in [4.78, 5) is 11.3. The molecule has 0 heterocycles. The van der Waals surface area contributed by atoms with Gasteiger partial charge in [0, 0.05) is 0 Å². The molecule has 0 N–H and O–H groups in total. The largest absolute Gasteiger partial charge is 0.462 e. The smallest absolute Gasteiger partial charge is 0.461 e. The molecule has 210 valence electrons. The molecule has 0 amide bonds. The van der Waals surface area contributed by atoms with Crippen molar-refractivity contribution in [3.63, 3.8) is 0 Å². The van der Waals surface area contributed by atoms with E-state index in [1.165, 1.54) is 18.6 Å². The molecular formula is C14H11F17O4. The topological polar surface area (TPSA) is 44.8 Å². The number of hydrogen-bond acceptors (Lipinski definition) is 4. The first-order valence-corrected chi connectivity index (χ1v) is 8.29. The van der Waals surface area contributed by atoms with Gasteiger partial charge in [-0.2, -0.15) is 74.6 Å². The van der Waals surface area contributed by atoms with Crippen molar-refractivity contribution in [1.82, 2.24) is 0 Å². The lowest BCUT2D eigenvalue weighted by Gasteiger charge is -2.39. The molecule has 4 nitrogen and oxygen atoms in total. The van der Waals surface area contributed by atoms with Gasteiger partial charge >= 0.3 is 54.3 Å². The maximum absolute atomic E-state index is 14.1. The van der Waals surface area contributed by atoms with Crippen LogP contribution in [0.3, 0.4) is 0 Å². The van der Waals surface area contributed by atoms with Crippen molar-refractivity contribution in [3.05, 3.63) is 0 Å². The van der Waals surface area contributed by atoms with Gasteiger partial charge in [-0.25, -0.2) is 4.79 Å². The van der Waals surface area contributed by atoms with E-state index in [0.717, 1.165) is 0 Å². The number of hydrogen-bond donors (Lipinski definition) is 0. The van der Waals surface area contributed by atoms with Crippen LogP contribution >= 0.6 is 0 Å². The van der Waals surface area contributed by atoms with Gasteiger partial charge in [0.25, 0.3) is 0 Å². The molecular weight excluding hydrogens is 555 g/mol. The Morgan fingerprint density at radius 1 is 0.629 bits per heavy atom. The SMILES string of the molecule is CC(C)CCOC(=O)[C@@](F)(OC(F)(F)[C@@](F)(OC(F)(F)C(F)(F)C(F)(F)F)C(F)(F)F)C(F)(F)F. The number of rotatable bonds is 10. The fourth-order valence-corrected chi connectivity index (χ4v) is 1.63. The number of esters is 1. The van der Waals surface area contributed by atoms with Crippen molar-refractivity contribution in [2.75, 3.05) is 6.61 Å². The highest BCUT2D eigenvalue weighted by Crippen LogP contribution is 2.56. The summed E-state index contributed by atoms with van der Waals surface area (Å²) >= 11 is 0. The maximum atomic E-state index is 14.1. The lowest BCUT2D eigenvalue weighted by molar-refractivity contribution is -0.548. The molecule has 0 radical (unpaired) electrons. The second kappa shape index (κ2) is 9.58. The summed E-state index contributed by atoms with van der Waals surface area (Å²) < 4.78 is 227. The molecule has 2 atom stereocenters. The molecule has 0 aromatic heterocycles. The first kappa shape index (κ1) is 33.2. The molecule has 0 aliphatic heterocycles. The third kappa shape index (κ3) is 6.50. The number of ether oxygens (including phenoxy) is 3. The second-order valence-corrected chi connectivity index (χ2v) is 6.81. The van der Waals surface area contributed by atoms with Gasteiger partial charge in [0.1, 0.15) is 0 Å². The minimum atomic E-state index is -8.04. The predicted molar refractivity (Wildman–Crippen MR) is 73.3 cm³/mol. The Labute approximate surface area is 182 Å². The van der Waals surface area contributed by atoms with Crippen LogP contribution in [0.1, 0.15) is 20.3 Å². The van der Waals surface area contributed by atoms with Gasteiger partial charge in [0.2, 0.25) is 0 Å². The Morgan fingerprint density at radius 3 is 1.37 bits per heavy atom. The van der Waals surface area contributed by atoms with E-state index in [2.05, 4.69) is 4.74 Å². The summed E-state index contributed by atoms with van der Waals surface area (Å²) in [6, 6.07) is 0. The van der Waals surface area contributed by atoms with Crippen LogP contribution in [0.4, 0.5) is 74.6 Å². The van der Waals surface area contributed by atoms with E-state index in [4.69, 9.17) is 0 Å². The molecule has 0 saturated heterocycles. The van der Waals surface area contributed by atoms with E-state index >= 15 is 0 Å². The van der Waals surface area contributed by atoms with E-state index in [-0.39, 0.29) is 0 Å². The van der Waals surface area contributed by atoms with Crippen LogP contribution < -0.4 is 0 Å². The summed E-state index contributed by atoms with van der Waals surface area (Å²) in [5.41, 5.74) is 0. The number of carbonyl (C=O) groups is 1. The van der Waals surface area contributed by atoms with Gasteiger partial charge in [-0.3, -0.25) is 9.47 Å². The third-order valence-corrected chi connectivity index (χ3v) is 3.55. The molecule has 0 aliphatic rings. The van der Waals surface area contributed by atoms with E-state index in [0.29, 0.717) is 0 Å². The molecule has 0 rings (SSSR count). The van der Waals surface area contributed by atoms with Crippen molar-refractivity contribution < 1.29 is 93.6 Å². The summed E-state index contributed by atoms with van der Waals surface area (Å²) in [5, 5.41) is 0. The zero-order valence-electron chi connectivity index (χ0n) is 16.5. The Bertz CT molecular complexity index is 741. The number of carbonyl (C=O) groups excluding carboxylic acids is 1. The van der Waals surface area contributed by atoms with Gasteiger partial charge < -0.3 is 4.74 Å². The summed E-state index contributed by atoms with van der Waals surface area (Å²) in [7, 11) is 0. The lowest BCUT2D eigenvalue weighted by atomic mass is 10.1. The molecule has 0 aliphatic carbocycles. The number of halogens is 17. The van der Waals surface area contributed by atoms with Crippen molar-refractivity contribution in [1.29, 1.82) is 0 Å². The van der Waals surface area contributed by atoms with Crippen molar-refractivity contribution >= 4 is 5.97 Å². The zero-order valence-corrected chi connectivity index (χ0v) is 16.5. The molecule has 21 heteroatoms. The van der Waals surface area contributed by atoms with Crippen LogP contribution in [0.15, 0.2) is 0 Å². The van der Waals surface area contributed by atoms with Crippen molar-refractivity contribution in [3.8, 4) is 0 Å². The Morgan fingerprint density at radius 2 is 1.06 bits per heavy atom. The van der Waals surface area contributed by atoms with E-state index in [1.807, 2.05) is 4.74 Å². The van der Waals surface area contributed by atoms with Crippen molar-refractivity contribution in [2.24, 2.45) is 5.92 Å². The minimum absolute atomic E-state index is 0.437. The summed E-state index contributed by atoms with van der Waals surface area (Å²) in [6.45, 7) is 1.36. The summed E-state index contributed by atoms with van der Waals surface area (Å²) in [5.74, 6) is -26.9. The standard InChI is InChI=1S/C14H11F17O4/c1-5(2)3-4-33-6(32)7(15,10(19,20)21)34-14(30,31)9(18,12(25,26)27)35-13(28,29)8(16,17)11(22,23)24/h5H,3-4H2,1-2H3/t7-,9+/m1/s1. The van der Waals surface area contributed by atoms with Gasteiger partial charge in [-0.15, -0.1) is 0 Å². The van der Waals surface area contributed by atoms with Crippen LogP contribution in [0, 0.1) is 5.92 Å².